The highest BCUT2D eigenvalue weighted by atomic mass is 19.4. The lowest BCUT2D eigenvalue weighted by atomic mass is 9.75. The molecule has 8 fully saturated rings. The molecule has 586 valence electrons. The second-order valence-electron chi connectivity index (χ2n) is 29.6. The minimum Gasteiger partial charge on any atom is -0.462 e. The van der Waals surface area contributed by atoms with Crippen LogP contribution in [0.15, 0.2) is 128 Å². The molecule has 18 nitrogen and oxygen atoms in total. The van der Waals surface area contributed by atoms with Gasteiger partial charge in [0, 0.05) is 63.5 Å². The third-order valence-electron chi connectivity index (χ3n) is 20.3. The van der Waals surface area contributed by atoms with E-state index in [0.717, 1.165) is 51.4 Å². The monoisotopic (exact) mass is 1520 g/mol. The summed E-state index contributed by atoms with van der Waals surface area (Å²) in [5.41, 5.74) is -10.9. The molecular formula is C76H90F12O18. The van der Waals surface area contributed by atoms with E-state index >= 15 is 0 Å². The average molecular weight is 1520 g/mol. The summed E-state index contributed by atoms with van der Waals surface area (Å²) in [5, 5.41) is 20.2. The zero-order valence-corrected chi connectivity index (χ0v) is 60.1. The molecule has 12 unspecified atom stereocenters. The van der Waals surface area contributed by atoms with Crippen LogP contribution in [-0.4, -0.2) is 137 Å². The van der Waals surface area contributed by atoms with Crippen LogP contribution in [0.3, 0.4) is 0 Å². The van der Waals surface area contributed by atoms with Crippen molar-refractivity contribution >= 4 is 58.5 Å². The number of rotatable bonds is 15. The first-order valence-electron chi connectivity index (χ1n) is 34.2. The first kappa shape index (κ1) is 86.6. The SMILES string of the molecule is C=C(C)C(=O)OC1(C(C)(C)C)CCCC1.C=C(C)C(=O)OC1C2CC3C(=O)OC1C3C2.C=C(C)C(=O)OC1C=CCC1.C=C(C)C(=O)OC1CC2CC1CC2CC(O)(C(F)(F)F)C(F)(F)F.C=C(C)C(=O)OC1COC(=O)C1.C=C1CC(CC(O)(C(F)(F)F)C(F)(F)F)(c2ccc3ccccc3c2)OC1=O. The Morgan fingerprint density at radius 3 is 1.60 bits per heavy atom. The molecule has 6 aliphatic carbocycles. The summed E-state index contributed by atoms with van der Waals surface area (Å²) in [7, 11) is 0. The molecule has 12 atom stereocenters. The van der Waals surface area contributed by atoms with Gasteiger partial charge in [-0.15, -0.1) is 0 Å². The van der Waals surface area contributed by atoms with Crippen LogP contribution < -0.4 is 0 Å². The van der Waals surface area contributed by atoms with E-state index in [1.165, 1.54) is 25.1 Å². The number of alkyl halides is 12. The van der Waals surface area contributed by atoms with Crippen LogP contribution in [0.1, 0.15) is 157 Å². The number of cyclic esters (lactones) is 2. The van der Waals surface area contributed by atoms with Gasteiger partial charge in [0.1, 0.15) is 48.3 Å². The van der Waals surface area contributed by atoms with E-state index in [4.69, 9.17) is 33.2 Å². The Labute approximate surface area is 605 Å². The van der Waals surface area contributed by atoms with Gasteiger partial charge in [-0.25, -0.2) is 28.8 Å². The quantitative estimate of drug-likeness (QED) is 0.0553. The van der Waals surface area contributed by atoms with Crippen molar-refractivity contribution in [2.75, 3.05) is 6.61 Å². The molecule has 3 saturated heterocycles. The highest BCUT2D eigenvalue weighted by Gasteiger charge is 2.74. The molecule has 3 aliphatic heterocycles. The van der Waals surface area contributed by atoms with E-state index in [2.05, 4.69) is 65.0 Å². The summed E-state index contributed by atoms with van der Waals surface area (Å²) in [6.45, 7) is 35.5. The first-order chi connectivity index (χ1) is 48.7. The van der Waals surface area contributed by atoms with Gasteiger partial charge in [-0.1, -0.05) is 103 Å². The van der Waals surface area contributed by atoms with Crippen LogP contribution in [0.4, 0.5) is 52.7 Å². The van der Waals surface area contributed by atoms with Crippen molar-refractivity contribution < 1.29 is 139 Å². The zero-order valence-electron chi connectivity index (χ0n) is 60.1. The Bertz CT molecular complexity index is 3690. The van der Waals surface area contributed by atoms with Crippen LogP contribution in [-0.2, 0) is 81.9 Å². The standard InChI is InChI=1S/C19H14F6O3.C15H18F6O3.C13H22O2.C12H14O4.C9H12O2.C8H10O4/c1-11-9-16(28-15(11)26,10-17(27,18(20,21)22)19(23,24)25)14-7-6-12-4-2-3-5-13(12)8-14;1-7(2)12(22)24-11-5-8-3-9(11)4-10(8)6-13(23,14(16,17)18)15(19,20)21;1-10(2)11(14)15-13(12(3,4)5)8-6-7-9-13;1-5(2)11(13)15-9-6-3-7-8(4-6)12(14)16-10(7)9;1-7(2)9(10)11-8-5-3-4-6-8;1-5(2)8(10)12-6-3-7(9)11-4-6/h2-8,27H,1,9-10H2;8-11,23H,1,3-6H2,2H3;1,6-9H2,2-5H3;6-10H,1,3-4H2,2H3;3,5,8H,1,4,6H2,2H3;6H,1,3-4H2,2H3. The molecule has 106 heavy (non-hydrogen) atoms. The van der Waals surface area contributed by atoms with E-state index in [1.807, 2.05) is 12.2 Å². The minimum absolute atomic E-state index is 0.00854. The van der Waals surface area contributed by atoms with Gasteiger partial charge in [0.15, 0.2) is 0 Å². The predicted octanol–water partition coefficient (Wildman–Crippen LogP) is 15.3. The fourth-order valence-corrected chi connectivity index (χ4v) is 14.3. The Morgan fingerprint density at radius 1 is 0.613 bits per heavy atom. The van der Waals surface area contributed by atoms with Crippen LogP contribution in [0.2, 0.25) is 0 Å². The summed E-state index contributed by atoms with van der Waals surface area (Å²) in [4.78, 5) is 90.3. The van der Waals surface area contributed by atoms with Gasteiger partial charge in [-0.2, -0.15) is 52.7 Å². The summed E-state index contributed by atoms with van der Waals surface area (Å²) < 4.78 is 197. The molecule has 2 aromatic rings. The first-order valence-corrected chi connectivity index (χ1v) is 34.2. The number of fused-ring (bicyclic) bond motifs is 4. The van der Waals surface area contributed by atoms with Gasteiger partial charge in [-0.3, -0.25) is 9.59 Å². The fourth-order valence-electron chi connectivity index (χ4n) is 14.3. The van der Waals surface area contributed by atoms with Gasteiger partial charge in [0.05, 0.1) is 12.3 Å². The lowest BCUT2D eigenvalue weighted by molar-refractivity contribution is -0.378. The summed E-state index contributed by atoms with van der Waals surface area (Å²) in [6, 6.07) is 10.8. The van der Waals surface area contributed by atoms with Crippen LogP contribution in [0.25, 0.3) is 10.8 Å². The van der Waals surface area contributed by atoms with E-state index in [0.29, 0.717) is 45.4 Å². The molecule has 5 saturated carbocycles. The minimum atomic E-state index is -6.04. The Balaban J connectivity index is 0.000000206. The maximum absolute atomic E-state index is 13.3. The molecule has 3 heterocycles. The number of carbonyl (C=O) groups excluding carboxylic acids is 8. The van der Waals surface area contributed by atoms with Gasteiger partial charge in [0.25, 0.3) is 11.2 Å². The molecule has 2 aromatic carbocycles. The summed E-state index contributed by atoms with van der Waals surface area (Å²) >= 11 is 0. The Hall–Kier alpha value is -8.28. The van der Waals surface area contributed by atoms with Crippen molar-refractivity contribution in [2.24, 2.45) is 40.9 Å². The normalized spacial score (nSPS) is 26.6. The maximum Gasteiger partial charge on any atom is 0.426 e. The van der Waals surface area contributed by atoms with Crippen molar-refractivity contribution in [3.63, 3.8) is 0 Å². The number of halogens is 12. The Kier molecular flexibility index (Phi) is 27.4. The number of carbonyl (C=O) groups is 8. The lowest BCUT2D eigenvalue weighted by Crippen LogP contribution is -2.60. The predicted molar refractivity (Wildman–Crippen MR) is 357 cm³/mol. The molecule has 0 aromatic heterocycles. The number of ether oxygens (including phenoxy) is 8. The van der Waals surface area contributed by atoms with Crippen molar-refractivity contribution in [3.05, 3.63) is 133 Å². The Morgan fingerprint density at radius 2 is 1.14 bits per heavy atom. The molecule has 4 bridgehead atoms. The van der Waals surface area contributed by atoms with Crippen LogP contribution in [0.5, 0.6) is 0 Å². The van der Waals surface area contributed by atoms with E-state index in [1.54, 1.807) is 52.0 Å². The molecule has 11 rings (SSSR count). The highest BCUT2D eigenvalue weighted by Crippen LogP contribution is 2.59. The van der Waals surface area contributed by atoms with Crippen molar-refractivity contribution in [2.45, 2.75) is 229 Å². The molecule has 0 amide bonds. The molecule has 30 heteroatoms. The number of hydrogen-bond donors (Lipinski definition) is 2. The van der Waals surface area contributed by atoms with Crippen molar-refractivity contribution in [1.82, 2.24) is 0 Å². The fraction of sp³-hybridized carbons (Fsp3) is 0.579. The molecule has 0 radical (unpaired) electrons. The van der Waals surface area contributed by atoms with Gasteiger partial charge in [-0.05, 0) is 158 Å². The van der Waals surface area contributed by atoms with Crippen LogP contribution >= 0.6 is 0 Å². The van der Waals surface area contributed by atoms with Gasteiger partial charge >= 0.3 is 72.5 Å². The van der Waals surface area contributed by atoms with E-state index in [-0.39, 0.29) is 120 Å². The second kappa shape index (κ2) is 33.5. The van der Waals surface area contributed by atoms with Gasteiger partial charge < -0.3 is 48.1 Å². The number of esters is 8. The zero-order chi connectivity index (χ0) is 80.0. The second-order valence-corrected chi connectivity index (χ2v) is 29.6. The molecule has 0 spiro atoms. The van der Waals surface area contributed by atoms with Crippen molar-refractivity contribution in [3.8, 4) is 0 Å². The van der Waals surface area contributed by atoms with Crippen molar-refractivity contribution in [1.29, 1.82) is 0 Å². The topological polar surface area (TPSA) is 251 Å². The largest absolute Gasteiger partial charge is 0.462 e. The summed E-state index contributed by atoms with van der Waals surface area (Å²) in [6.07, 6.45) is -16.3. The number of allylic oxidation sites excluding steroid dienone is 1. The lowest BCUT2D eigenvalue weighted by Gasteiger charge is -2.41. The van der Waals surface area contributed by atoms with E-state index < -0.39 is 103 Å². The van der Waals surface area contributed by atoms with Gasteiger partial charge in [0.2, 0.25) is 0 Å². The molecule has 2 N–H and O–H groups in total. The third-order valence-corrected chi connectivity index (χ3v) is 20.3. The third kappa shape index (κ3) is 20.3. The number of aliphatic hydroxyl groups is 2. The molecular weight excluding hydrogens is 1430 g/mol. The number of benzene rings is 2. The molecule has 9 aliphatic rings. The maximum atomic E-state index is 13.3. The smallest absolute Gasteiger partial charge is 0.426 e. The highest BCUT2D eigenvalue weighted by molar-refractivity contribution is 5.92. The summed E-state index contributed by atoms with van der Waals surface area (Å²) in [5.74, 6) is -4.54. The number of hydrogen-bond acceptors (Lipinski definition) is 18. The average Bonchev–Trinajstić information content (AvgIpc) is 1.52. The van der Waals surface area contributed by atoms with E-state index in [9.17, 15) is 101 Å². The van der Waals surface area contributed by atoms with Crippen LogP contribution in [0, 0.1) is 40.9 Å².